The number of ether oxygens (including phenoxy) is 2. The summed E-state index contributed by atoms with van der Waals surface area (Å²) in [5, 5.41) is 2.80. The number of hydrogen-bond donors (Lipinski definition) is 1. The van der Waals surface area contributed by atoms with Gasteiger partial charge in [0, 0.05) is 39.1 Å². The number of likely N-dealkylation sites (tertiary alicyclic amines) is 1. The minimum atomic E-state index is -0.447. The van der Waals surface area contributed by atoms with Crippen molar-refractivity contribution in [3.8, 4) is 11.1 Å². The van der Waals surface area contributed by atoms with Crippen LogP contribution in [-0.2, 0) is 23.9 Å². The summed E-state index contributed by atoms with van der Waals surface area (Å²) in [5.41, 5.74) is 4.71. The number of ketones is 1. The number of Topliss-reactive ketones (excluding diaryl/α,β-unsaturated/α-hetero) is 1. The number of amides is 2. The number of carbonyl (C=O) groups excluding carboxylic acids is 4. The fraction of sp³-hybridized carbons (Fsp3) is 0.484. The van der Waals surface area contributed by atoms with Crippen molar-refractivity contribution in [2.24, 2.45) is 0 Å². The molecular formula is C31H38N2O6. The summed E-state index contributed by atoms with van der Waals surface area (Å²) < 4.78 is 18.8. The second-order valence-corrected chi connectivity index (χ2v) is 10.3. The molecule has 0 saturated carbocycles. The van der Waals surface area contributed by atoms with Gasteiger partial charge in [0.25, 0.3) is 0 Å². The number of alkyl carbamates (subject to hydrolysis) is 1. The average molecular weight is 536 g/mol. The van der Waals surface area contributed by atoms with Crippen LogP contribution < -0.4 is 5.32 Å². The lowest BCUT2D eigenvalue weighted by Gasteiger charge is -2.21. The van der Waals surface area contributed by atoms with Crippen molar-refractivity contribution in [2.45, 2.75) is 76.8 Å². The molecule has 1 aliphatic carbocycles. The molecule has 1 saturated heterocycles. The highest BCUT2D eigenvalue weighted by molar-refractivity contribution is 5.81. The first-order chi connectivity index (χ1) is 19.4. The van der Waals surface area contributed by atoms with E-state index in [0.717, 1.165) is 12.8 Å². The highest BCUT2D eigenvalue weighted by Crippen LogP contribution is 2.44. The van der Waals surface area contributed by atoms with E-state index in [0.29, 0.717) is 25.8 Å². The third-order valence-corrected chi connectivity index (χ3v) is 7.36. The van der Waals surface area contributed by atoms with Crippen molar-refractivity contribution in [3.05, 3.63) is 59.7 Å². The normalized spacial score (nSPS) is 18.2. The number of hydrogen-bond acceptors (Lipinski definition) is 6. The number of unbranched alkanes of at least 4 members (excludes halogenated alkanes) is 2. The lowest BCUT2D eigenvalue weighted by Crippen LogP contribution is -2.34. The van der Waals surface area contributed by atoms with Gasteiger partial charge < -0.3 is 24.5 Å². The van der Waals surface area contributed by atoms with Crippen LogP contribution in [0.1, 0.15) is 77.2 Å². The zero-order chi connectivity index (χ0) is 28.5. The summed E-state index contributed by atoms with van der Waals surface area (Å²) in [6.45, 7) is 2.50. The summed E-state index contributed by atoms with van der Waals surface area (Å²) in [5.74, 6) is -0.546. The first kappa shape index (κ1) is 26.9. The fourth-order valence-corrected chi connectivity index (χ4v) is 5.35. The molecule has 0 radical (unpaired) electrons. The van der Waals surface area contributed by atoms with E-state index in [-0.39, 0.29) is 56.5 Å². The molecule has 1 heterocycles. The smallest absolute Gasteiger partial charge is 0.407 e. The van der Waals surface area contributed by atoms with Crippen molar-refractivity contribution in [3.63, 3.8) is 0 Å². The molecule has 8 heteroatoms. The highest BCUT2D eigenvalue weighted by atomic mass is 16.6. The Morgan fingerprint density at radius 1 is 0.949 bits per heavy atom. The van der Waals surface area contributed by atoms with Crippen LogP contribution in [0.4, 0.5) is 4.79 Å². The van der Waals surface area contributed by atoms with Gasteiger partial charge in [0.1, 0.15) is 18.5 Å². The predicted octanol–water partition coefficient (Wildman–Crippen LogP) is 4.99. The molecule has 2 atom stereocenters. The molecule has 2 aromatic carbocycles. The molecule has 8 nitrogen and oxygen atoms in total. The number of nitrogens with zero attached hydrogens (tertiary/aromatic N) is 1. The Labute approximate surface area is 231 Å². The van der Waals surface area contributed by atoms with E-state index in [2.05, 4.69) is 29.6 Å². The van der Waals surface area contributed by atoms with E-state index in [9.17, 15) is 19.2 Å². The number of nitrogens with one attached hydrogen (secondary N) is 1. The Balaban J connectivity index is 1.11. The minimum Gasteiger partial charge on any atom is -0.460 e. The Morgan fingerprint density at radius 2 is 1.64 bits per heavy atom. The number of esters is 1. The molecule has 4 rings (SSSR count). The fourth-order valence-electron chi connectivity index (χ4n) is 5.35. The Hall–Kier alpha value is -3.68. The Bertz CT molecular complexity index is 1170. The topological polar surface area (TPSA) is 102 Å². The minimum absolute atomic E-state index is 0.0194. The SMILES string of the molecule is [2H]C[C@@H]1C[C@@H](OC(=O)CCC(C)=O)CN1C(=O)CCCCCNC(=O)OCC1c2ccccc2-c2ccccc21. The van der Waals surface area contributed by atoms with E-state index in [1.807, 2.05) is 24.3 Å². The van der Waals surface area contributed by atoms with Crippen LogP contribution in [0.3, 0.4) is 0 Å². The molecule has 2 aromatic rings. The maximum absolute atomic E-state index is 12.8. The van der Waals surface area contributed by atoms with Crippen LogP contribution in [0, 0.1) is 0 Å². The van der Waals surface area contributed by atoms with Gasteiger partial charge in [-0.1, -0.05) is 55.0 Å². The van der Waals surface area contributed by atoms with Crippen LogP contribution >= 0.6 is 0 Å². The van der Waals surface area contributed by atoms with E-state index in [1.165, 1.54) is 29.2 Å². The van der Waals surface area contributed by atoms with E-state index in [4.69, 9.17) is 10.8 Å². The van der Waals surface area contributed by atoms with Gasteiger partial charge in [0.2, 0.25) is 5.91 Å². The summed E-state index contributed by atoms with van der Waals surface area (Å²) >= 11 is 0. The van der Waals surface area contributed by atoms with Crippen molar-refractivity contribution in [1.82, 2.24) is 10.2 Å². The molecule has 0 bridgehead atoms. The molecule has 2 aliphatic rings. The Kier molecular flexibility index (Phi) is 9.25. The Morgan fingerprint density at radius 3 is 2.31 bits per heavy atom. The van der Waals surface area contributed by atoms with Gasteiger partial charge in [-0.25, -0.2) is 4.79 Å². The molecule has 39 heavy (non-hydrogen) atoms. The molecule has 1 fully saturated rings. The number of fused-ring (bicyclic) bond motifs is 3. The van der Waals surface area contributed by atoms with Crippen LogP contribution in [0.2, 0.25) is 0 Å². The van der Waals surface area contributed by atoms with Gasteiger partial charge in [0.15, 0.2) is 0 Å². The third kappa shape index (κ3) is 7.46. The van der Waals surface area contributed by atoms with Crippen molar-refractivity contribution < 1.29 is 30.0 Å². The van der Waals surface area contributed by atoms with E-state index < -0.39 is 18.2 Å². The van der Waals surface area contributed by atoms with Crippen LogP contribution in [0.15, 0.2) is 48.5 Å². The lowest BCUT2D eigenvalue weighted by molar-refractivity contribution is -0.150. The summed E-state index contributed by atoms with van der Waals surface area (Å²) in [6.07, 6.45) is 2.24. The molecule has 0 aromatic heterocycles. The van der Waals surface area contributed by atoms with E-state index >= 15 is 0 Å². The molecule has 0 unspecified atom stereocenters. The maximum Gasteiger partial charge on any atom is 0.407 e. The van der Waals surface area contributed by atoms with Gasteiger partial charge in [-0.3, -0.25) is 9.59 Å². The van der Waals surface area contributed by atoms with Crippen LogP contribution in [0.5, 0.6) is 0 Å². The summed E-state index contributed by atoms with van der Waals surface area (Å²) in [7, 11) is 0. The third-order valence-electron chi connectivity index (χ3n) is 7.36. The van der Waals surface area contributed by atoms with Crippen molar-refractivity contribution in [1.29, 1.82) is 0 Å². The number of carbonyl (C=O) groups is 4. The average Bonchev–Trinajstić information content (AvgIpc) is 3.51. The summed E-state index contributed by atoms with van der Waals surface area (Å²) in [4.78, 5) is 49.7. The number of rotatable bonds is 12. The molecular weight excluding hydrogens is 496 g/mol. The van der Waals surface area contributed by atoms with E-state index in [1.54, 1.807) is 4.90 Å². The van der Waals surface area contributed by atoms with Crippen molar-refractivity contribution >= 4 is 23.8 Å². The maximum atomic E-state index is 12.8. The first-order valence-electron chi connectivity index (χ1n) is 14.4. The highest BCUT2D eigenvalue weighted by Gasteiger charge is 2.34. The quantitative estimate of drug-likeness (QED) is 0.304. The number of benzene rings is 2. The monoisotopic (exact) mass is 535 g/mol. The van der Waals surface area contributed by atoms with Gasteiger partial charge in [-0.05, 0) is 48.9 Å². The molecule has 0 spiro atoms. The van der Waals surface area contributed by atoms with Crippen LogP contribution in [0.25, 0.3) is 11.1 Å². The molecule has 208 valence electrons. The zero-order valence-corrected chi connectivity index (χ0v) is 22.5. The molecule has 2 amide bonds. The predicted molar refractivity (Wildman–Crippen MR) is 147 cm³/mol. The van der Waals surface area contributed by atoms with Gasteiger partial charge in [0.05, 0.1) is 13.0 Å². The van der Waals surface area contributed by atoms with Gasteiger partial charge >= 0.3 is 12.1 Å². The lowest BCUT2D eigenvalue weighted by atomic mass is 9.98. The van der Waals surface area contributed by atoms with Crippen LogP contribution in [-0.4, -0.2) is 60.5 Å². The molecule has 1 N–H and O–H groups in total. The molecule has 1 aliphatic heterocycles. The zero-order valence-electron chi connectivity index (χ0n) is 23.5. The van der Waals surface area contributed by atoms with Crippen molar-refractivity contribution in [2.75, 3.05) is 19.7 Å². The van der Waals surface area contributed by atoms with Gasteiger partial charge in [-0.2, -0.15) is 0 Å². The second kappa shape index (κ2) is 13.4. The first-order valence-corrected chi connectivity index (χ1v) is 13.7. The standard InChI is InChI=1S/C31H38N2O6/c1-21-18-23(39-30(36)16-15-22(2)34)19-33(21)29(35)14-4-3-9-17-32-31(37)38-20-28-26-12-7-5-10-24(26)25-11-6-8-13-27(25)28/h5-8,10-13,21,23,28H,3-4,9,14-20H2,1-2H3,(H,32,37)/t21-,23-/m1/s1/i1D. The summed E-state index contributed by atoms with van der Waals surface area (Å²) in [6, 6.07) is 16.1. The van der Waals surface area contributed by atoms with Gasteiger partial charge in [-0.15, -0.1) is 0 Å². The largest absolute Gasteiger partial charge is 0.460 e. The second-order valence-electron chi connectivity index (χ2n) is 10.3.